The van der Waals surface area contributed by atoms with Gasteiger partial charge in [0.15, 0.2) is 16.8 Å². The molecule has 31 heavy (non-hydrogen) atoms. The van der Waals surface area contributed by atoms with E-state index in [1.807, 2.05) is 36.4 Å². The van der Waals surface area contributed by atoms with Crippen LogP contribution in [0.3, 0.4) is 0 Å². The van der Waals surface area contributed by atoms with E-state index < -0.39 is 0 Å². The molecule has 7 nitrogen and oxygen atoms in total. The number of carbonyl (C=O) groups is 1. The van der Waals surface area contributed by atoms with Crippen molar-refractivity contribution in [2.75, 3.05) is 26.6 Å². The second kappa shape index (κ2) is 9.98. The molecule has 0 radical (unpaired) electrons. The Hall–Kier alpha value is -2.84. The summed E-state index contributed by atoms with van der Waals surface area (Å²) in [6.07, 6.45) is 2.18. The van der Waals surface area contributed by atoms with Crippen molar-refractivity contribution in [3.63, 3.8) is 0 Å². The number of hydrogen-bond acceptors (Lipinski definition) is 7. The van der Waals surface area contributed by atoms with E-state index in [0.29, 0.717) is 23.0 Å². The van der Waals surface area contributed by atoms with Crippen molar-refractivity contribution >= 4 is 17.5 Å². The molecule has 1 aliphatic heterocycles. The molecule has 0 aliphatic carbocycles. The fourth-order valence-electron chi connectivity index (χ4n) is 3.59. The summed E-state index contributed by atoms with van der Waals surface area (Å²) in [7, 11) is 3.21. The van der Waals surface area contributed by atoms with Gasteiger partial charge in [0.05, 0.1) is 38.2 Å². The van der Waals surface area contributed by atoms with Gasteiger partial charge in [-0.05, 0) is 49.2 Å². The number of ether oxygens (including phenoxy) is 3. The van der Waals surface area contributed by atoms with Crippen molar-refractivity contribution in [2.24, 2.45) is 0 Å². The van der Waals surface area contributed by atoms with E-state index in [-0.39, 0.29) is 17.6 Å². The Morgan fingerprint density at radius 3 is 2.65 bits per heavy atom. The topological polar surface area (TPSA) is 75.5 Å². The molecule has 4 rings (SSSR count). The van der Waals surface area contributed by atoms with Crippen molar-refractivity contribution in [3.8, 4) is 22.9 Å². The maximum absolute atomic E-state index is 12.8. The molecule has 0 bridgehead atoms. The summed E-state index contributed by atoms with van der Waals surface area (Å²) in [5.74, 6) is 2.34. The van der Waals surface area contributed by atoms with Crippen LogP contribution in [0.1, 0.15) is 23.2 Å². The van der Waals surface area contributed by atoms with E-state index in [4.69, 9.17) is 14.2 Å². The largest absolute Gasteiger partial charge is 0.497 e. The first-order chi connectivity index (χ1) is 15.2. The highest BCUT2D eigenvalue weighted by Crippen LogP contribution is 2.29. The zero-order valence-corrected chi connectivity index (χ0v) is 18.4. The molecule has 0 saturated carbocycles. The summed E-state index contributed by atoms with van der Waals surface area (Å²) in [5.41, 5.74) is 1.51. The minimum absolute atomic E-state index is 0.0138. The first-order valence-electron chi connectivity index (χ1n) is 10.2. The number of Topliss-reactive ketones (excluding diaryl/α,β-unsaturated/α-hetero) is 1. The number of aromatic nitrogens is 3. The lowest BCUT2D eigenvalue weighted by Crippen LogP contribution is -2.17. The monoisotopic (exact) mass is 439 g/mol. The third-order valence-corrected chi connectivity index (χ3v) is 6.18. The van der Waals surface area contributed by atoms with Crippen LogP contribution < -0.4 is 9.47 Å². The number of thioether (sulfide) groups is 1. The lowest BCUT2D eigenvalue weighted by atomic mass is 10.1. The van der Waals surface area contributed by atoms with Gasteiger partial charge in [0.2, 0.25) is 0 Å². The maximum Gasteiger partial charge on any atom is 0.192 e. The minimum atomic E-state index is -0.0138. The fourth-order valence-corrected chi connectivity index (χ4v) is 4.42. The van der Waals surface area contributed by atoms with Gasteiger partial charge >= 0.3 is 0 Å². The van der Waals surface area contributed by atoms with Gasteiger partial charge in [0.25, 0.3) is 0 Å². The molecule has 162 valence electrons. The van der Waals surface area contributed by atoms with E-state index in [1.54, 1.807) is 26.4 Å². The number of carbonyl (C=O) groups excluding carboxylic acids is 1. The lowest BCUT2D eigenvalue weighted by molar-refractivity contribution is 0.0953. The van der Waals surface area contributed by atoms with Crippen LogP contribution >= 0.6 is 11.8 Å². The molecule has 2 aromatic carbocycles. The summed E-state index contributed by atoms with van der Waals surface area (Å²) in [4.78, 5) is 12.8. The molecular formula is C23H25N3O4S. The Balaban J connectivity index is 1.57. The highest BCUT2D eigenvalue weighted by atomic mass is 32.2. The van der Waals surface area contributed by atoms with E-state index in [2.05, 4.69) is 14.8 Å². The van der Waals surface area contributed by atoms with Crippen LogP contribution in [0.5, 0.6) is 11.5 Å². The third-order valence-electron chi connectivity index (χ3n) is 5.22. The Kier molecular flexibility index (Phi) is 6.89. The van der Waals surface area contributed by atoms with Gasteiger partial charge < -0.3 is 14.2 Å². The molecule has 1 aromatic heterocycles. The summed E-state index contributed by atoms with van der Waals surface area (Å²) < 4.78 is 18.5. The number of ketones is 1. The van der Waals surface area contributed by atoms with Crippen LogP contribution in [-0.4, -0.2) is 53.2 Å². The first kappa shape index (κ1) is 21.4. The van der Waals surface area contributed by atoms with E-state index in [9.17, 15) is 4.79 Å². The van der Waals surface area contributed by atoms with Gasteiger partial charge in [0, 0.05) is 12.2 Å². The van der Waals surface area contributed by atoms with E-state index >= 15 is 0 Å². The Bertz CT molecular complexity index is 1030. The van der Waals surface area contributed by atoms with Crippen molar-refractivity contribution in [1.29, 1.82) is 0 Å². The minimum Gasteiger partial charge on any atom is -0.497 e. The molecule has 1 atom stereocenters. The average Bonchev–Trinajstić information content (AvgIpc) is 3.48. The highest BCUT2D eigenvalue weighted by Gasteiger charge is 2.23. The summed E-state index contributed by atoms with van der Waals surface area (Å²) in [6, 6.07) is 15.0. The molecule has 1 fully saturated rings. The standard InChI is InChI=1S/C23H25N3O4S/c1-28-17-11-9-16(10-12-17)22-24-25-23(26(22)14-18-6-5-13-30-18)31-15-20(27)19-7-3-4-8-21(19)29-2/h3-4,7-12,18H,5-6,13-15H2,1-2H3. The van der Waals surface area contributed by atoms with Gasteiger partial charge in [-0.1, -0.05) is 23.9 Å². The molecule has 1 aliphatic rings. The molecule has 3 aromatic rings. The molecule has 0 N–H and O–H groups in total. The number of benzene rings is 2. The maximum atomic E-state index is 12.8. The van der Waals surface area contributed by atoms with Gasteiger partial charge in [-0.25, -0.2) is 0 Å². The van der Waals surface area contributed by atoms with Gasteiger partial charge in [-0.15, -0.1) is 10.2 Å². The number of methoxy groups -OCH3 is 2. The van der Waals surface area contributed by atoms with E-state index in [1.165, 1.54) is 11.8 Å². The van der Waals surface area contributed by atoms with Gasteiger partial charge in [-0.3, -0.25) is 9.36 Å². The van der Waals surface area contributed by atoms with Crippen LogP contribution in [0.4, 0.5) is 0 Å². The van der Waals surface area contributed by atoms with Crippen molar-refractivity contribution < 1.29 is 19.0 Å². The molecule has 8 heteroatoms. The first-order valence-corrected chi connectivity index (χ1v) is 11.2. The number of hydrogen-bond donors (Lipinski definition) is 0. The molecule has 2 heterocycles. The second-order valence-electron chi connectivity index (χ2n) is 7.19. The Labute approximate surface area is 185 Å². The normalized spacial score (nSPS) is 15.7. The van der Waals surface area contributed by atoms with Crippen LogP contribution in [0.15, 0.2) is 53.7 Å². The lowest BCUT2D eigenvalue weighted by Gasteiger charge is -2.15. The Morgan fingerprint density at radius 1 is 1.13 bits per heavy atom. The number of nitrogens with zero attached hydrogens (tertiary/aromatic N) is 3. The predicted molar refractivity (Wildman–Crippen MR) is 119 cm³/mol. The summed E-state index contributed by atoms with van der Waals surface area (Å²) in [6.45, 7) is 1.43. The fraction of sp³-hybridized carbons (Fsp3) is 0.348. The average molecular weight is 440 g/mol. The Morgan fingerprint density at radius 2 is 1.94 bits per heavy atom. The van der Waals surface area contributed by atoms with Gasteiger partial charge in [-0.2, -0.15) is 0 Å². The van der Waals surface area contributed by atoms with E-state index in [0.717, 1.165) is 36.6 Å². The molecular weight excluding hydrogens is 414 g/mol. The summed E-state index contributed by atoms with van der Waals surface area (Å²) in [5, 5.41) is 9.52. The quantitative estimate of drug-likeness (QED) is 0.367. The van der Waals surface area contributed by atoms with Crippen molar-refractivity contribution in [3.05, 3.63) is 54.1 Å². The number of rotatable bonds is 9. The van der Waals surface area contributed by atoms with Crippen LogP contribution in [0.2, 0.25) is 0 Å². The second-order valence-corrected chi connectivity index (χ2v) is 8.13. The predicted octanol–water partition coefficient (Wildman–Crippen LogP) is 4.12. The molecule has 1 unspecified atom stereocenters. The SMILES string of the molecule is COc1ccc(-c2nnc(SCC(=O)c3ccccc3OC)n2CC2CCCO2)cc1. The van der Waals surface area contributed by atoms with Crippen molar-refractivity contribution in [2.45, 2.75) is 30.6 Å². The third kappa shape index (κ3) is 4.91. The zero-order chi connectivity index (χ0) is 21.6. The van der Waals surface area contributed by atoms with Crippen LogP contribution in [-0.2, 0) is 11.3 Å². The molecule has 1 saturated heterocycles. The highest BCUT2D eigenvalue weighted by molar-refractivity contribution is 7.99. The number of para-hydroxylation sites is 1. The smallest absolute Gasteiger partial charge is 0.192 e. The summed E-state index contributed by atoms with van der Waals surface area (Å²) >= 11 is 1.38. The zero-order valence-electron chi connectivity index (χ0n) is 17.6. The van der Waals surface area contributed by atoms with Crippen molar-refractivity contribution in [1.82, 2.24) is 14.8 Å². The van der Waals surface area contributed by atoms with Crippen LogP contribution in [0.25, 0.3) is 11.4 Å². The van der Waals surface area contributed by atoms with Gasteiger partial charge in [0.1, 0.15) is 11.5 Å². The van der Waals surface area contributed by atoms with Crippen LogP contribution in [0, 0.1) is 0 Å². The molecule has 0 amide bonds. The molecule has 0 spiro atoms.